The monoisotopic (exact) mass is 257 g/mol. The Balaban J connectivity index is 1.57. The highest BCUT2D eigenvalue weighted by atomic mass is 16.2. The van der Waals surface area contributed by atoms with Crippen LogP contribution >= 0.6 is 0 Å². The second kappa shape index (κ2) is 5.43. The Labute approximate surface area is 113 Å². The van der Waals surface area contributed by atoms with E-state index in [1.165, 1.54) is 25.7 Å². The summed E-state index contributed by atoms with van der Waals surface area (Å²) in [4.78, 5) is 16.5. The van der Waals surface area contributed by atoms with Crippen molar-refractivity contribution in [3.05, 3.63) is 35.9 Å². The van der Waals surface area contributed by atoms with Crippen molar-refractivity contribution in [2.45, 2.75) is 25.7 Å². The number of rotatable bonds is 1. The molecule has 1 amide bonds. The fourth-order valence-corrected chi connectivity index (χ4v) is 3.03. The Hall–Kier alpha value is -1.84. The number of fused-ring (bicyclic) bond motifs is 1. The number of aliphatic imine (C=N–C) groups is 1. The number of carbonyl (C=O) groups excluding carboxylic acids is 1. The summed E-state index contributed by atoms with van der Waals surface area (Å²) >= 11 is 0. The Kier molecular flexibility index (Phi) is 3.49. The summed E-state index contributed by atoms with van der Waals surface area (Å²) in [6.07, 6.45) is 5.05. The molecule has 1 fully saturated rings. The van der Waals surface area contributed by atoms with Crippen molar-refractivity contribution in [1.29, 1.82) is 0 Å². The predicted octanol–water partition coefficient (Wildman–Crippen LogP) is 2.14. The number of hydrogen-bond acceptors (Lipinski definition) is 3. The molecule has 4 nitrogen and oxygen atoms in total. The van der Waals surface area contributed by atoms with Crippen LogP contribution in [0.2, 0.25) is 0 Å². The second-order valence-corrected chi connectivity index (χ2v) is 5.32. The highest BCUT2D eigenvalue weighted by molar-refractivity contribution is 5.96. The molecule has 4 heteroatoms. The van der Waals surface area contributed by atoms with Crippen LogP contribution < -0.4 is 10.9 Å². The highest BCUT2D eigenvalue weighted by Crippen LogP contribution is 2.34. The van der Waals surface area contributed by atoms with Gasteiger partial charge in [0.25, 0.3) is 5.91 Å². The van der Waals surface area contributed by atoms with Crippen molar-refractivity contribution in [1.82, 2.24) is 10.9 Å². The lowest BCUT2D eigenvalue weighted by atomic mass is 9.80. The standard InChI is InChI=1S/C15H19N3O/c19-15(11-6-2-1-3-7-11)18-17-14-13-9-5-4-8-12(13)10-16-14/h1-3,6-7,12-13H,4-5,8-10H2,(H,16,17)(H,18,19)/t12-,13+/m0/s1. The van der Waals surface area contributed by atoms with Crippen LogP contribution in [0.25, 0.3) is 0 Å². The van der Waals surface area contributed by atoms with Gasteiger partial charge in [0.2, 0.25) is 0 Å². The van der Waals surface area contributed by atoms with Crippen LogP contribution in [0.5, 0.6) is 0 Å². The van der Waals surface area contributed by atoms with Crippen molar-refractivity contribution < 1.29 is 4.79 Å². The zero-order valence-corrected chi connectivity index (χ0v) is 10.9. The molecule has 2 atom stereocenters. The van der Waals surface area contributed by atoms with Gasteiger partial charge in [-0.3, -0.25) is 20.6 Å². The first-order valence-corrected chi connectivity index (χ1v) is 7.00. The summed E-state index contributed by atoms with van der Waals surface area (Å²) in [7, 11) is 0. The summed E-state index contributed by atoms with van der Waals surface area (Å²) in [5, 5.41) is 0. The lowest BCUT2D eigenvalue weighted by Gasteiger charge is -2.26. The summed E-state index contributed by atoms with van der Waals surface area (Å²) in [5.74, 6) is 2.06. The van der Waals surface area contributed by atoms with Crippen LogP contribution in [0, 0.1) is 11.8 Å². The SMILES string of the molecule is O=C(NNC1=NC[C@@H]2CCCC[C@@H]12)c1ccccc1. The number of hydrazine groups is 1. The molecule has 0 radical (unpaired) electrons. The van der Waals surface area contributed by atoms with E-state index < -0.39 is 0 Å². The molecule has 100 valence electrons. The van der Waals surface area contributed by atoms with E-state index in [0.717, 1.165) is 12.4 Å². The molecule has 1 aromatic rings. The molecule has 19 heavy (non-hydrogen) atoms. The molecule has 1 saturated carbocycles. The van der Waals surface area contributed by atoms with Crippen molar-refractivity contribution >= 4 is 11.7 Å². The van der Waals surface area contributed by atoms with Crippen molar-refractivity contribution in [2.24, 2.45) is 16.8 Å². The van der Waals surface area contributed by atoms with E-state index >= 15 is 0 Å². The fraction of sp³-hybridized carbons (Fsp3) is 0.467. The van der Waals surface area contributed by atoms with Crippen molar-refractivity contribution in [3.8, 4) is 0 Å². The van der Waals surface area contributed by atoms with Crippen molar-refractivity contribution in [2.75, 3.05) is 6.54 Å². The fourth-order valence-electron chi connectivity index (χ4n) is 3.03. The van der Waals surface area contributed by atoms with Gasteiger partial charge < -0.3 is 0 Å². The van der Waals surface area contributed by atoms with E-state index in [1.54, 1.807) is 12.1 Å². The van der Waals surface area contributed by atoms with Crippen molar-refractivity contribution in [3.63, 3.8) is 0 Å². The molecule has 2 aliphatic rings. The maximum absolute atomic E-state index is 11.9. The molecule has 0 aromatic heterocycles. The zero-order chi connectivity index (χ0) is 13.1. The van der Waals surface area contributed by atoms with E-state index in [1.807, 2.05) is 18.2 Å². The van der Waals surface area contributed by atoms with Crippen LogP contribution in [-0.4, -0.2) is 18.3 Å². The number of nitrogens with zero attached hydrogens (tertiary/aromatic N) is 1. The van der Waals surface area contributed by atoms with E-state index in [-0.39, 0.29) is 5.91 Å². The third-order valence-electron chi connectivity index (χ3n) is 4.10. The first kappa shape index (κ1) is 12.2. The lowest BCUT2D eigenvalue weighted by molar-refractivity contribution is 0.0942. The van der Waals surface area contributed by atoms with Gasteiger partial charge in [0.1, 0.15) is 5.84 Å². The summed E-state index contributed by atoms with van der Waals surface area (Å²) < 4.78 is 0. The third kappa shape index (κ3) is 2.62. The quantitative estimate of drug-likeness (QED) is 0.757. The summed E-state index contributed by atoms with van der Waals surface area (Å²) in [6.45, 7) is 0.911. The molecule has 2 N–H and O–H groups in total. The minimum absolute atomic E-state index is 0.109. The molecule has 0 saturated heterocycles. The van der Waals surface area contributed by atoms with Gasteiger partial charge in [-0.25, -0.2) is 0 Å². The second-order valence-electron chi connectivity index (χ2n) is 5.32. The Morgan fingerprint density at radius 2 is 1.95 bits per heavy atom. The number of amidine groups is 1. The van der Waals surface area contributed by atoms with E-state index in [9.17, 15) is 4.79 Å². The summed E-state index contributed by atoms with van der Waals surface area (Å²) in [5.41, 5.74) is 6.44. The Bertz CT molecular complexity index is 483. The van der Waals surface area contributed by atoms with Gasteiger partial charge in [-0.2, -0.15) is 0 Å². The van der Waals surface area contributed by atoms with Gasteiger partial charge >= 0.3 is 0 Å². The molecular formula is C15H19N3O. The number of hydrogen-bond donors (Lipinski definition) is 2. The third-order valence-corrected chi connectivity index (χ3v) is 4.10. The number of carbonyl (C=O) groups is 1. The van der Waals surface area contributed by atoms with Crippen LogP contribution in [0.3, 0.4) is 0 Å². The normalized spacial score (nSPS) is 25.4. The number of benzene rings is 1. The lowest BCUT2D eigenvalue weighted by Crippen LogP contribution is -2.44. The minimum atomic E-state index is -0.109. The molecule has 1 heterocycles. The first-order valence-electron chi connectivity index (χ1n) is 7.00. The molecule has 1 aliphatic heterocycles. The van der Waals surface area contributed by atoms with Crippen LogP contribution in [-0.2, 0) is 0 Å². The molecule has 1 aromatic carbocycles. The Morgan fingerprint density at radius 3 is 2.79 bits per heavy atom. The average Bonchev–Trinajstić information content (AvgIpc) is 2.89. The van der Waals surface area contributed by atoms with Gasteiger partial charge in [0.05, 0.1) is 0 Å². The highest BCUT2D eigenvalue weighted by Gasteiger charge is 2.33. The molecule has 1 aliphatic carbocycles. The largest absolute Gasteiger partial charge is 0.285 e. The predicted molar refractivity (Wildman–Crippen MR) is 74.8 cm³/mol. The number of amides is 1. The zero-order valence-electron chi connectivity index (χ0n) is 10.9. The van der Waals surface area contributed by atoms with Crippen LogP contribution in [0.15, 0.2) is 35.3 Å². The van der Waals surface area contributed by atoms with Gasteiger partial charge in [-0.05, 0) is 30.9 Å². The molecule has 3 rings (SSSR count). The van der Waals surface area contributed by atoms with E-state index in [0.29, 0.717) is 17.4 Å². The summed E-state index contributed by atoms with van der Waals surface area (Å²) in [6, 6.07) is 9.23. The number of nitrogens with one attached hydrogen (secondary N) is 2. The molecular weight excluding hydrogens is 238 g/mol. The minimum Gasteiger partial charge on any atom is -0.285 e. The maximum atomic E-state index is 11.9. The smallest absolute Gasteiger partial charge is 0.269 e. The van der Waals surface area contributed by atoms with E-state index in [4.69, 9.17) is 0 Å². The Morgan fingerprint density at radius 1 is 1.16 bits per heavy atom. The first-order chi connectivity index (χ1) is 9.34. The molecule has 0 bridgehead atoms. The topological polar surface area (TPSA) is 53.5 Å². The van der Waals surface area contributed by atoms with E-state index in [2.05, 4.69) is 15.8 Å². The van der Waals surface area contributed by atoms with Crippen LogP contribution in [0.1, 0.15) is 36.0 Å². The molecule has 0 spiro atoms. The van der Waals surface area contributed by atoms with Gasteiger partial charge in [0, 0.05) is 18.0 Å². The van der Waals surface area contributed by atoms with Gasteiger partial charge in [-0.15, -0.1) is 0 Å². The maximum Gasteiger partial charge on any atom is 0.269 e. The average molecular weight is 257 g/mol. The van der Waals surface area contributed by atoms with Gasteiger partial charge in [0.15, 0.2) is 0 Å². The molecule has 0 unspecified atom stereocenters. The van der Waals surface area contributed by atoms with Gasteiger partial charge in [-0.1, -0.05) is 31.0 Å². The van der Waals surface area contributed by atoms with Crippen LogP contribution in [0.4, 0.5) is 0 Å².